The second-order valence-corrected chi connectivity index (χ2v) is 11.7. The van der Waals surface area contributed by atoms with Crippen molar-refractivity contribution in [1.82, 2.24) is 4.31 Å². The molecule has 33 heavy (non-hydrogen) atoms. The molecule has 0 unspecified atom stereocenters. The van der Waals surface area contributed by atoms with Gasteiger partial charge in [0.2, 0.25) is 15.9 Å². The molecule has 176 valence electrons. The van der Waals surface area contributed by atoms with Gasteiger partial charge >= 0.3 is 5.97 Å². The molecule has 3 heterocycles. The molecule has 1 aliphatic carbocycles. The number of carbonyl (C=O) groups excluding carboxylic acids is 2. The molecule has 1 aromatic carbocycles. The Balaban J connectivity index is 1.31. The Morgan fingerprint density at radius 1 is 1.09 bits per heavy atom. The molecule has 1 aromatic heterocycles. The summed E-state index contributed by atoms with van der Waals surface area (Å²) in [4.78, 5) is 28.6. The summed E-state index contributed by atoms with van der Waals surface area (Å²) in [6, 6.07) is 5.19. The topological polar surface area (TPSA) is 96.0 Å². The summed E-state index contributed by atoms with van der Waals surface area (Å²) in [6.45, 7) is 1.92. The van der Waals surface area contributed by atoms with Crippen molar-refractivity contribution >= 4 is 43.9 Å². The number of thiophene rings is 1. The number of nitrogens with zero attached hydrogens (tertiary/aromatic N) is 2. The fourth-order valence-electron chi connectivity index (χ4n) is 5.00. The lowest BCUT2D eigenvalue weighted by Crippen LogP contribution is -2.32. The third-order valence-electron chi connectivity index (χ3n) is 6.64. The maximum atomic E-state index is 12.9. The number of benzene rings is 1. The number of sulfonamides is 1. The van der Waals surface area contributed by atoms with Crippen LogP contribution in [-0.2, 0) is 38.8 Å². The Labute approximate surface area is 197 Å². The molecule has 0 atom stereocenters. The van der Waals surface area contributed by atoms with Gasteiger partial charge in [-0.15, -0.1) is 11.3 Å². The number of esters is 1. The number of amides is 1. The quantitative estimate of drug-likeness (QED) is 0.627. The van der Waals surface area contributed by atoms with Gasteiger partial charge in [0.05, 0.1) is 24.1 Å². The maximum Gasteiger partial charge on any atom is 0.341 e. The molecule has 10 heteroatoms. The molecule has 1 fully saturated rings. The average Bonchev–Trinajstić information content (AvgIpc) is 3.58. The molecule has 8 nitrogen and oxygen atoms in total. The van der Waals surface area contributed by atoms with Crippen LogP contribution in [0.1, 0.15) is 45.6 Å². The van der Waals surface area contributed by atoms with Gasteiger partial charge in [-0.2, -0.15) is 4.31 Å². The number of aryl methyl sites for hydroxylation is 1. The molecule has 0 spiro atoms. The molecule has 0 radical (unpaired) electrons. The Hall–Kier alpha value is -2.43. The first-order chi connectivity index (χ1) is 15.9. The van der Waals surface area contributed by atoms with Crippen molar-refractivity contribution in [3.05, 3.63) is 39.8 Å². The van der Waals surface area contributed by atoms with Crippen molar-refractivity contribution in [3.8, 4) is 0 Å². The van der Waals surface area contributed by atoms with E-state index in [-0.39, 0.29) is 12.5 Å². The van der Waals surface area contributed by atoms with Gasteiger partial charge in [0.15, 0.2) is 0 Å². The molecular formula is C23H27N3O5S2. The minimum absolute atomic E-state index is 0.133. The number of hydrogen-bond acceptors (Lipinski definition) is 7. The standard InChI is InChI=1S/C23H27N3O5S2/c1-31-23(28)21-17-5-4-6-19(17)32-22(21)24-20(27)14-25-12-9-15-13-16(7-8-18(15)25)33(29,30)26-10-2-3-11-26/h7-8,13H,2-6,9-12,14H2,1H3,(H,24,27). The van der Waals surface area contributed by atoms with E-state index in [4.69, 9.17) is 4.74 Å². The molecule has 5 rings (SSSR count). The number of hydrogen-bond donors (Lipinski definition) is 1. The number of rotatable bonds is 6. The molecule has 3 aliphatic rings. The molecule has 0 saturated carbocycles. The molecule has 2 aromatic rings. The summed E-state index contributed by atoms with van der Waals surface area (Å²) in [5.74, 6) is -0.621. The number of ether oxygens (including phenoxy) is 1. The smallest absolute Gasteiger partial charge is 0.341 e. The van der Waals surface area contributed by atoms with E-state index in [1.165, 1.54) is 18.4 Å². The monoisotopic (exact) mass is 489 g/mol. The fourth-order valence-corrected chi connectivity index (χ4v) is 7.86. The van der Waals surface area contributed by atoms with E-state index in [2.05, 4.69) is 5.32 Å². The number of carbonyl (C=O) groups is 2. The lowest BCUT2D eigenvalue weighted by atomic mass is 10.1. The lowest BCUT2D eigenvalue weighted by molar-refractivity contribution is -0.114. The molecular weight excluding hydrogens is 462 g/mol. The highest BCUT2D eigenvalue weighted by Crippen LogP contribution is 2.39. The average molecular weight is 490 g/mol. The van der Waals surface area contributed by atoms with Crippen LogP contribution >= 0.6 is 11.3 Å². The number of methoxy groups -OCH3 is 1. The van der Waals surface area contributed by atoms with Crippen LogP contribution in [0.3, 0.4) is 0 Å². The fraction of sp³-hybridized carbons (Fsp3) is 0.478. The van der Waals surface area contributed by atoms with Gasteiger partial charge in [-0.3, -0.25) is 4.79 Å². The summed E-state index contributed by atoms with van der Waals surface area (Å²) in [6.07, 6.45) is 5.25. The number of anilines is 2. The minimum Gasteiger partial charge on any atom is -0.465 e. The van der Waals surface area contributed by atoms with Crippen molar-refractivity contribution in [3.63, 3.8) is 0 Å². The Morgan fingerprint density at radius 2 is 1.88 bits per heavy atom. The van der Waals surface area contributed by atoms with Crippen molar-refractivity contribution in [2.75, 3.05) is 43.5 Å². The zero-order valence-corrected chi connectivity index (χ0v) is 20.2. The van der Waals surface area contributed by atoms with Gasteiger partial charge in [-0.05, 0) is 67.9 Å². The minimum atomic E-state index is -3.46. The molecule has 2 aliphatic heterocycles. The largest absolute Gasteiger partial charge is 0.465 e. The first-order valence-electron chi connectivity index (χ1n) is 11.3. The van der Waals surface area contributed by atoms with Crippen LogP contribution < -0.4 is 10.2 Å². The Kier molecular flexibility index (Phi) is 5.92. The van der Waals surface area contributed by atoms with E-state index in [9.17, 15) is 18.0 Å². The predicted octanol–water partition coefficient (Wildman–Crippen LogP) is 2.81. The third kappa shape index (κ3) is 4.04. The van der Waals surface area contributed by atoms with Crippen LogP contribution in [0, 0.1) is 0 Å². The van der Waals surface area contributed by atoms with E-state index >= 15 is 0 Å². The normalized spacial score (nSPS) is 17.8. The second kappa shape index (κ2) is 8.73. The van der Waals surface area contributed by atoms with Crippen LogP contribution in [0.2, 0.25) is 0 Å². The van der Waals surface area contributed by atoms with Crippen LogP contribution in [0.5, 0.6) is 0 Å². The highest BCUT2D eigenvalue weighted by Gasteiger charge is 2.31. The molecule has 1 amide bonds. The summed E-state index contributed by atoms with van der Waals surface area (Å²) in [5.41, 5.74) is 3.31. The first kappa shape index (κ1) is 22.4. The highest BCUT2D eigenvalue weighted by atomic mass is 32.2. The highest BCUT2D eigenvalue weighted by molar-refractivity contribution is 7.89. The summed E-state index contributed by atoms with van der Waals surface area (Å²) < 4.78 is 32.3. The van der Waals surface area contributed by atoms with Gasteiger partial charge in [-0.1, -0.05) is 0 Å². The molecule has 1 saturated heterocycles. The van der Waals surface area contributed by atoms with Crippen LogP contribution in [0.4, 0.5) is 10.7 Å². The van der Waals surface area contributed by atoms with Crippen molar-refractivity contribution < 1.29 is 22.7 Å². The Bertz CT molecular complexity index is 1210. The van der Waals surface area contributed by atoms with Crippen molar-refractivity contribution in [1.29, 1.82) is 0 Å². The van der Waals surface area contributed by atoms with Crippen LogP contribution in [0.15, 0.2) is 23.1 Å². The van der Waals surface area contributed by atoms with E-state index in [1.807, 2.05) is 4.90 Å². The second-order valence-electron chi connectivity index (χ2n) is 8.67. The van der Waals surface area contributed by atoms with Gasteiger partial charge in [0, 0.05) is 30.2 Å². The van der Waals surface area contributed by atoms with Gasteiger partial charge in [0.1, 0.15) is 5.00 Å². The zero-order valence-electron chi connectivity index (χ0n) is 18.6. The third-order valence-corrected chi connectivity index (χ3v) is 9.75. The number of nitrogens with one attached hydrogen (secondary N) is 1. The summed E-state index contributed by atoms with van der Waals surface area (Å²) in [5, 5.41) is 3.48. The van der Waals surface area contributed by atoms with E-state index in [1.54, 1.807) is 22.5 Å². The van der Waals surface area contributed by atoms with E-state index in [0.29, 0.717) is 41.5 Å². The summed E-state index contributed by atoms with van der Waals surface area (Å²) >= 11 is 1.46. The van der Waals surface area contributed by atoms with Gasteiger partial charge in [-0.25, -0.2) is 13.2 Å². The van der Waals surface area contributed by atoms with E-state index < -0.39 is 16.0 Å². The first-order valence-corrected chi connectivity index (χ1v) is 13.5. The summed E-state index contributed by atoms with van der Waals surface area (Å²) in [7, 11) is -2.11. The predicted molar refractivity (Wildman–Crippen MR) is 127 cm³/mol. The number of fused-ring (bicyclic) bond motifs is 2. The van der Waals surface area contributed by atoms with Crippen molar-refractivity contribution in [2.24, 2.45) is 0 Å². The lowest BCUT2D eigenvalue weighted by Gasteiger charge is -2.20. The molecule has 0 bridgehead atoms. The molecule has 1 N–H and O–H groups in total. The van der Waals surface area contributed by atoms with Crippen molar-refractivity contribution in [2.45, 2.75) is 43.4 Å². The SMILES string of the molecule is COC(=O)c1c(NC(=O)CN2CCc3cc(S(=O)(=O)N4CCCC4)ccc32)sc2c1CCC2. The Morgan fingerprint density at radius 3 is 2.64 bits per heavy atom. The maximum absolute atomic E-state index is 12.9. The van der Waals surface area contributed by atoms with Gasteiger partial charge in [0.25, 0.3) is 0 Å². The van der Waals surface area contributed by atoms with E-state index in [0.717, 1.165) is 53.8 Å². The zero-order chi connectivity index (χ0) is 23.2. The van der Waals surface area contributed by atoms with Crippen LogP contribution in [-0.4, -0.2) is 57.9 Å². The van der Waals surface area contributed by atoms with Crippen LogP contribution in [0.25, 0.3) is 0 Å². The van der Waals surface area contributed by atoms with Gasteiger partial charge < -0.3 is 15.0 Å².